The largest absolute Gasteiger partial charge is 0.325 e. The van der Waals surface area contributed by atoms with Gasteiger partial charge in [-0.3, -0.25) is 9.78 Å². The van der Waals surface area contributed by atoms with Gasteiger partial charge in [0, 0.05) is 31.4 Å². The predicted molar refractivity (Wildman–Crippen MR) is 109 cm³/mol. The highest BCUT2D eigenvalue weighted by atomic mass is 32.2. The quantitative estimate of drug-likeness (QED) is 0.739. The Morgan fingerprint density at radius 2 is 1.79 bits per heavy atom. The maximum atomic E-state index is 12.7. The van der Waals surface area contributed by atoms with Crippen LogP contribution in [0.2, 0.25) is 0 Å². The fraction of sp³-hybridized carbons (Fsp3) is 0.368. The number of pyridine rings is 1. The maximum Gasteiger partial charge on any atom is 0.244 e. The Morgan fingerprint density at radius 1 is 1.10 bits per heavy atom. The van der Waals surface area contributed by atoms with Crippen LogP contribution in [0, 0.1) is 5.92 Å². The number of para-hydroxylation sites is 1. The molecule has 8 nitrogen and oxygen atoms in total. The number of amides is 1. The topological polar surface area (TPSA) is 114 Å². The summed E-state index contributed by atoms with van der Waals surface area (Å²) in [5.41, 5.74) is 0.254. The lowest BCUT2D eigenvalue weighted by molar-refractivity contribution is -0.120. The second-order valence-corrected chi connectivity index (χ2v) is 10.9. The van der Waals surface area contributed by atoms with Crippen LogP contribution >= 0.6 is 0 Å². The van der Waals surface area contributed by atoms with Gasteiger partial charge in [0.2, 0.25) is 15.9 Å². The summed E-state index contributed by atoms with van der Waals surface area (Å²) in [4.78, 5) is 16.7. The summed E-state index contributed by atoms with van der Waals surface area (Å²) >= 11 is 0. The molecule has 0 aliphatic carbocycles. The molecule has 2 heterocycles. The molecule has 0 saturated carbocycles. The minimum atomic E-state index is -3.64. The molecule has 2 aromatic rings. The van der Waals surface area contributed by atoms with Gasteiger partial charge in [0.05, 0.1) is 16.3 Å². The normalized spacial score (nSPS) is 16.4. The lowest BCUT2D eigenvalue weighted by atomic mass is 9.97. The molecule has 156 valence electrons. The molecule has 1 aromatic heterocycles. The molecule has 0 atom stereocenters. The van der Waals surface area contributed by atoms with Crippen molar-refractivity contribution >= 4 is 31.5 Å². The molecule has 1 saturated heterocycles. The van der Waals surface area contributed by atoms with E-state index in [1.165, 1.54) is 28.8 Å². The van der Waals surface area contributed by atoms with Gasteiger partial charge in [0.1, 0.15) is 4.90 Å². The van der Waals surface area contributed by atoms with Gasteiger partial charge in [-0.25, -0.2) is 16.8 Å². The highest BCUT2D eigenvalue weighted by Crippen LogP contribution is 2.27. The van der Waals surface area contributed by atoms with Crippen molar-refractivity contribution in [3.05, 3.63) is 48.8 Å². The minimum absolute atomic E-state index is 0.0650. The maximum absolute atomic E-state index is 12.7. The molecule has 1 N–H and O–H groups in total. The molecule has 29 heavy (non-hydrogen) atoms. The van der Waals surface area contributed by atoms with Gasteiger partial charge >= 0.3 is 0 Å². The summed E-state index contributed by atoms with van der Waals surface area (Å²) in [6, 6.07) is 9.36. The second kappa shape index (κ2) is 8.60. The number of piperidine rings is 1. The van der Waals surface area contributed by atoms with E-state index in [2.05, 4.69) is 10.3 Å². The van der Waals surface area contributed by atoms with Gasteiger partial charge in [-0.15, -0.1) is 0 Å². The molecule has 1 aliphatic heterocycles. The average molecular weight is 438 g/mol. The van der Waals surface area contributed by atoms with Crippen molar-refractivity contribution in [3.63, 3.8) is 0 Å². The molecule has 1 aliphatic rings. The van der Waals surface area contributed by atoms with Crippen molar-refractivity contribution in [2.24, 2.45) is 5.92 Å². The number of hydrogen-bond donors (Lipinski definition) is 1. The van der Waals surface area contributed by atoms with Crippen LogP contribution in [-0.2, 0) is 24.7 Å². The average Bonchev–Trinajstić information content (AvgIpc) is 2.74. The van der Waals surface area contributed by atoms with E-state index in [0.717, 1.165) is 0 Å². The molecule has 10 heteroatoms. The monoisotopic (exact) mass is 437 g/mol. The fourth-order valence-electron chi connectivity index (χ4n) is 3.24. The van der Waals surface area contributed by atoms with Crippen LogP contribution in [-0.4, -0.2) is 50.9 Å². The van der Waals surface area contributed by atoms with E-state index in [4.69, 9.17) is 0 Å². The van der Waals surface area contributed by atoms with Crippen LogP contribution in [0.15, 0.2) is 58.6 Å². The lowest BCUT2D eigenvalue weighted by Gasteiger charge is -2.30. The van der Waals surface area contributed by atoms with Crippen molar-refractivity contribution in [2.75, 3.05) is 24.2 Å². The third-order valence-electron chi connectivity index (χ3n) is 4.96. The molecule has 1 aromatic carbocycles. The number of sulfonamides is 1. The Bertz CT molecular complexity index is 1080. The zero-order chi connectivity index (χ0) is 21.1. The van der Waals surface area contributed by atoms with Crippen LogP contribution in [0.4, 0.5) is 5.69 Å². The van der Waals surface area contributed by atoms with Crippen LogP contribution in [0.1, 0.15) is 19.8 Å². The van der Waals surface area contributed by atoms with E-state index in [9.17, 15) is 21.6 Å². The highest BCUT2D eigenvalue weighted by Gasteiger charge is 2.32. The molecule has 1 fully saturated rings. The highest BCUT2D eigenvalue weighted by molar-refractivity contribution is 7.91. The molecule has 1 amide bonds. The summed E-state index contributed by atoms with van der Waals surface area (Å²) in [5.74, 6) is -0.764. The van der Waals surface area contributed by atoms with E-state index in [0.29, 0.717) is 12.8 Å². The van der Waals surface area contributed by atoms with E-state index in [1.54, 1.807) is 31.2 Å². The van der Waals surface area contributed by atoms with Crippen molar-refractivity contribution in [2.45, 2.75) is 29.6 Å². The first kappa shape index (κ1) is 21.4. The van der Waals surface area contributed by atoms with Crippen LogP contribution < -0.4 is 5.32 Å². The van der Waals surface area contributed by atoms with E-state index >= 15 is 0 Å². The number of sulfone groups is 1. The number of hydrogen-bond acceptors (Lipinski definition) is 6. The zero-order valence-electron chi connectivity index (χ0n) is 16.0. The zero-order valence-corrected chi connectivity index (χ0v) is 17.6. The second-order valence-electron chi connectivity index (χ2n) is 6.76. The summed E-state index contributed by atoms with van der Waals surface area (Å²) < 4.78 is 51.1. The fourth-order valence-corrected chi connectivity index (χ4v) is 5.72. The molecule has 0 radical (unpaired) electrons. The third-order valence-corrected chi connectivity index (χ3v) is 8.63. The van der Waals surface area contributed by atoms with Crippen molar-refractivity contribution < 1.29 is 21.6 Å². The van der Waals surface area contributed by atoms with E-state index in [1.807, 2.05) is 0 Å². The molecule has 3 rings (SSSR count). The first-order valence-corrected chi connectivity index (χ1v) is 12.4. The van der Waals surface area contributed by atoms with Gasteiger partial charge < -0.3 is 5.32 Å². The number of benzene rings is 1. The summed E-state index contributed by atoms with van der Waals surface area (Å²) in [6.45, 7) is 1.97. The van der Waals surface area contributed by atoms with Gasteiger partial charge in [-0.2, -0.15) is 4.31 Å². The van der Waals surface area contributed by atoms with Crippen molar-refractivity contribution in [3.8, 4) is 0 Å². The van der Waals surface area contributed by atoms with Crippen LogP contribution in [0.25, 0.3) is 0 Å². The van der Waals surface area contributed by atoms with Gasteiger partial charge in [0.25, 0.3) is 0 Å². The Labute approximate surface area is 170 Å². The third kappa shape index (κ3) is 4.65. The first-order chi connectivity index (χ1) is 13.8. The van der Waals surface area contributed by atoms with Gasteiger partial charge in [-0.05, 0) is 37.1 Å². The number of nitrogens with one attached hydrogen (secondary N) is 1. The van der Waals surface area contributed by atoms with Crippen molar-refractivity contribution in [1.29, 1.82) is 0 Å². The van der Waals surface area contributed by atoms with Crippen LogP contribution in [0.3, 0.4) is 0 Å². The number of anilines is 1. The SMILES string of the molecule is CCS(=O)(=O)c1ccccc1NC(=O)C1CCN(S(=O)(=O)c2cccnc2)CC1. The molecule has 0 bridgehead atoms. The van der Waals surface area contributed by atoms with Gasteiger partial charge in [-0.1, -0.05) is 19.1 Å². The minimum Gasteiger partial charge on any atom is -0.325 e. The Balaban J connectivity index is 1.68. The molecule has 0 spiro atoms. The Kier molecular flexibility index (Phi) is 6.35. The summed E-state index contributed by atoms with van der Waals surface area (Å²) in [6.07, 6.45) is 3.52. The van der Waals surface area contributed by atoms with E-state index < -0.39 is 25.8 Å². The standard InChI is InChI=1S/C19H23N3O5S2/c1-2-28(24,25)18-8-4-3-7-17(18)21-19(23)15-9-12-22(13-10-15)29(26,27)16-6-5-11-20-14-16/h3-8,11,14-15H,2,9-10,12-13H2,1H3,(H,21,23). The van der Waals surface area contributed by atoms with Crippen molar-refractivity contribution in [1.82, 2.24) is 9.29 Å². The number of rotatable bonds is 6. The van der Waals surface area contributed by atoms with Crippen LogP contribution in [0.5, 0.6) is 0 Å². The predicted octanol–water partition coefficient (Wildman–Crippen LogP) is 1.91. The number of aromatic nitrogens is 1. The van der Waals surface area contributed by atoms with Gasteiger partial charge in [0.15, 0.2) is 9.84 Å². The Morgan fingerprint density at radius 3 is 2.41 bits per heavy atom. The smallest absolute Gasteiger partial charge is 0.244 e. The van der Waals surface area contributed by atoms with E-state index in [-0.39, 0.29) is 40.2 Å². The summed E-state index contributed by atoms with van der Waals surface area (Å²) in [5, 5.41) is 2.71. The summed E-state index contributed by atoms with van der Waals surface area (Å²) in [7, 11) is -7.11. The molecular weight excluding hydrogens is 414 g/mol. The number of carbonyl (C=O) groups is 1. The lowest BCUT2D eigenvalue weighted by Crippen LogP contribution is -2.41. The number of nitrogens with zero attached hydrogens (tertiary/aromatic N) is 2. The Hall–Kier alpha value is -2.30. The molecular formula is C19H23N3O5S2. The number of carbonyl (C=O) groups excluding carboxylic acids is 1. The molecule has 0 unspecified atom stereocenters. The first-order valence-electron chi connectivity index (χ1n) is 9.28.